The number of carbonyl (C=O) groups is 1. The first-order chi connectivity index (χ1) is 11.5. The van der Waals surface area contributed by atoms with Crippen LogP contribution in [0.3, 0.4) is 0 Å². The van der Waals surface area contributed by atoms with E-state index in [9.17, 15) is 13.2 Å². The van der Waals surface area contributed by atoms with E-state index in [4.69, 9.17) is 4.74 Å². The second-order valence-electron chi connectivity index (χ2n) is 5.57. The van der Waals surface area contributed by atoms with Gasteiger partial charge in [-0.3, -0.25) is 0 Å². The Hall–Kier alpha value is -1.77. The van der Waals surface area contributed by atoms with E-state index in [-0.39, 0.29) is 17.1 Å². The van der Waals surface area contributed by atoms with Crippen LogP contribution in [0.25, 0.3) is 0 Å². The predicted octanol–water partition coefficient (Wildman–Crippen LogP) is 2.59. The zero-order chi connectivity index (χ0) is 17.2. The number of ether oxygens (including phenoxy) is 1. The molecule has 0 unspecified atom stereocenters. The minimum Gasteiger partial charge on any atom is -0.456 e. The van der Waals surface area contributed by atoms with Crippen molar-refractivity contribution in [2.45, 2.75) is 31.3 Å². The highest BCUT2D eigenvalue weighted by atomic mass is 32.2. The molecule has 1 aliphatic rings. The summed E-state index contributed by atoms with van der Waals surface area (Å²) in [4.78, 5) is 16.5. The number of rotatable bonds is 5. The van der Waals surface area contributed by atoms with Gasteiger partial charge in [0.15, 0.2) is 0 Å². The van der Waals surface area contributed by atoms with Gasteiger partial charge in [-0.15, -0.1) is 11.3 Å². The van der Waals surface area contributed by atoms with E-state index in [0.29, 0.717) is 18.8 Å². The molecule has 1 saturated heterocycles. The maximum atomic E-state index is 12.6. The monoisotopic (exact) mass is 366 g/mol. The lowest BCUT2D eigenvalue weighted by atomic mass is 10.2. The molecular weight excluding hydrogens is 348 g/mol. The molecule has 2 aromatic rings. The molecule has 0 aliphatic carbocycles. The van der Waals surface area contributed by atoms with E-state index >= 15 is 0 Å². The van der Waals surface area contributed by atoms with Gasteiger partial charge in [0.25, 0.3) is 0 Å². The fourth-order valence-electron chi connectivity index (χ4n) is 2.56. The molecule has 0 bridgehead atoms. The normalized spacial score (nSPS) is 15.5. The molecule has 2 heterocycles. The summed E-state index contributed by atoms with van der Waals surface area (Å²) >= 11 is 1.48. The fourth-order valence-corrected chi connectivity index (χ4v) is 4.72. The molecular formula is C16H18N2O4S2. The lowest BCUT2D eigenvalue weighted by Crippen LogP contribution is -2.28. The van der Waals surface area contributed by atoms with Crippen molar-refractivity contribution in [3.63, 3.8) is 0 Å². The molecule has 128 valence electrons. The van der Waals surface area contributed by atoms with Gasteiger partial charge >= 0.3 is 5.97 Å². The van der Waals surface area contributed by atoms with Gasteiger partial charge in [0.05, 0.1) is 21.2 Å². The topological polar surface area (TPSA) is 76.6 Å². The summed E-state index contributed by atoms with van der Waals surface area (Å²) in [5.74, 6) is -0.556. The minimum absolute atomic E-state index is 0.0757. The first kappa shape index (κ1) is 17.1. The number of carbonyl (C=O) groups excluding carboxylic acids is 1. The van der Waals surface area contributed by atoms with Crippen molar-refractivity contribution in [2.75, 3.05) is 13.1 Å². The van der Waals surface area contributed by atoms with Crippen LogP contribution in [0, 0.1) is 6.92 Å². The van der Waals surface area contributed by atoms with Crippen LogP contribution in [0.2, 0.25) is 0 Å². The van der Waals surface area contributed by atoms with E-state index in [1.807, 2.05) is 12.3 Å². The smallest absolute Gasteiger partial charge is 0.338 e. The van der Waals surface area contributed by atoms with Gasteiger partial charge in [0, 0.05) is 18.5 Å². The third-order valence-electron chi connectivity index (χ3n) is 3.79. The largest absolute Gasteiger partial charge is 0.456 e. The van der Waals surface area contributed by atoms with E-state index < -0.39 is 16.0 Å². The average molecular weight is 366 g/mol. The fraction of sp³-hybridized carbons (Fsp3) is 0.375. The zero-order valence-corrected chi connectivity index (χ0v) is 14.9. The maximum Gasteiger partial charge on any atom is 0.338 e. The number of esters is 1. The molecule has 1 aromatic heterocycles. The number of aromatic nitrogens is 1. The molecule has 1 aliphatic heterocycles. The predicted molar refractivity (Wildman–Crippen MR) is 90.4 cm³/mol. The molecule has 24 heavy (non-hydrogen) atoms. The Morgan fingerprint density at radius 3 is 2.75 bits per heavy atom. The minimum atomic E-state index is -3.54. The molecule has 3 rings (SSSR count). The molecule has 0 spiro atoms. The van der Waals surface area contributed by atoms with Crippen LogP contribution >= 0.6 is 11.3 Å². The van der Waals surface area contributed by atoms with Gasteiger partial charge in [-0.1, -0.05) is 6.07 Å². The molecule has 0 atom stereocenters. The highest BCUT2D eigenvalue weighted by Crippen LogP contribution is 2.22. The van der Waals surface area contributed by atoms with Crippen LogP contribution in [0.1, 0.15) is 33.9 Å². The van der Waals surface area contributed by atoms with Crippen molar-refractivity contribution >= 4 is 27.3 Å². The second-order valence-corrected chi connectivity index (χ2v) is 8.57. The van der Waals surface area contributed by atoms with Crippen LogP contribution < -0.4 is 0 Å². The quantitative estimate of drug-likeness (QED) is 0.760. The molecule has 0 radical (unpaired) electrons. The maximum absolute atomic E-state index is 12.6. The second kappa shape index (κ2) is 7.00. The summed E-state index contributed by atoms with van der Waals surface area (Å²) in [6, 6.07) is 6.00. The lowest BCUT2D eigenvalue weighted by Gasteiger charge is -2.15. The Morgan fingerprint density at radius 2 is 2.08 bits per heavy atom. The number of nitrogens with zero attached hydrogens (tertiary/aromatic N) is 2. The lowest BCUT2D eigenvalue weighted by molar-refractivity contribution is 0.0468. The van der Waals surface area contributed by atoms with Gasteiger partial charge in [-0.25, -0.2) is 18.2 Å². The van der Waals surface area contributed by atoms with Crippen molar-refractivity contribution in [3.05, 3.63) is 45.9 Å². The van der Waals surface area contributed by atoms with E-state index in [1.54, 1.807) is 12.1 Å². The van der Waals surface area contributed by atoms with Gasteiger partial charge in [0.2, 0.25) is 10.0 Å². The molecule has 8 heteroatoms. The number of hydrogen-bond donors (Lipinski definition) is 0. The van der Waals surface area contributed by atoms with E-state index in [1.165, 1.54) is 27.8 Å². The van der Waals surface area contributed by atoms with Gasteiger partial charge in [-0.2, -0.15) is 4.31 Å². The SMILES string of the molecule is Cc1nc(COC(=O)c2cccc(S(=O)(=O)N3CCCC3)c2)cs1. The summed E-state index contributed by atoms with van der Waals surface area (Å²) < 4.78 is 31.8. The van der Waals surface area contributed by atoms with Crippen LogP contribution in [-0.4, -0.2) is 36.8 Å². The Balaban J connectivity index is 1.73. The third kappa shape index (κ3) is 3.66. The van der Waals surface area contributed by atoms with Crippen molar-refractivity contribution in [1.29, 1.82) is 0 Å². The number of benzene rings is 1. The standard InChI is InChI=1S/C16H18N2O4S2/c1-12-17-14(11-23-12)10-22-16(19)13-5-4-6-15(9-13)24(20,21)18-7-2-3-8-18/h4-6,9,11H,2-3,7-8,10H2,1H3. The molecule has 0 N–H and O–H groups in total. The van der Waals surface area contributed by atoms with Crippen molar-refractivity contribution in [2.24, 2.45) is 0 Å². The van der Waals surface area contributed by atoms with Gasteiger partial charge < -0.3 is 4.74 Å². The van der Waals surface area contributed by atoms with Gasteiger partial charge in [0.1, 0.15) is 6.61 Å². The highest BCUT2D eigenvalue weighted by Gasteiger charge is 2.27. The third-order valence-corrected chi connectivity index (χ3v) is 6.51. The number of aryl methyl sites for hydroxylation is 1. The first-order valence-electron chi connectivity index (χ1n) is 7.65. The Morgan fingerprint density at radius 1 is 1.33 bits per heavy atom. The van der Waals surface area contributed by atoms with Crippen molar-refractivity contribution in [1.82, 2.24) is 9.29 Å². The molecule has 0 saturated carbocycles. The molecule has 1 fully saturated rings. The molecule has 0 amide bonds. The number of sulfonamides is 1. The van der Waals surface area contributed by atoms with E-state index in [0.717, 1.165) is 17.8 Å². The van der Waals surface area contributed by atoms with Crippen LogP contribution in [0.4, 0.5) is 0 Å². The number of hydrogen-bond acceptors (Lipinski definition) is 6. The van der Waals surface area contributed by atoms with Crippen LogP contribution in [0.15, 0.2) is 34.5 Å². The first-order valence-corrected chi connectivity index (χ1v) is 9.97. The Labute approximate surface area is 145 Å². The Kier molecular flexibility index (Phi) is 4.98. The summed E-state index contributed by atoms with van der Waals surface area (Å²) in [5, 5.41) is 2.73. The van der Waals surface area contributed by atoms with Crippen LogP contribution in [0.5, 0.6) is 0 Å². The van der Waals surface area contributed by atoms with Crippen molar-refractivity contribution in [3.8, 4) is 0 Å². The molecule has 1 aromatic carbocycles. The highest BCUT2D eigenvalue weighted by molar-refractivity contribution is 7.89. The average Bonchev–Trinajstić information content (AvgIpc) is 3.24. The number of thiazole rings is 1. The van der Waals surface area contributed by atoms with Crippen molar-refractivity contribution < 1.29 is 17.9 Å². The summed E-state index contributed by atoms with van der Waals surface area (Å²) in [5.41, 5.74) is 0.911. The molecule has 6 nitrogen and oxygen atoms in total. The summed E-state index contributed by atoms with van der Waals surface area (Å²) in [7, 11) is -3.54. The Bertz CT molecular complexity index is 839. The summed E-state index contributed by atoms with van der Waals surface area (Å²) in [6.45, 7) is 3.01. The van der Waals surface area contributed by atoms with Crippen LogP contribution in [-0.2, 0) is 21.4 Å². The summed E-state index contributed by atoms with van der Waals surface area (Å²) in [6.07, 6.45) is 1.74. The van der Waals surface area contributed by atoms with Gasteiger partial charge in [-0.05, 0) is 38.0 Å². The van der Waals surface area contributed by atoms with E-state index in [2.05, 4.69) is 4.98 Å². The zero-order valence-electron chi connectivity index (χ0n) is 13.3.